The van der Waals surface area contributed by atoms with Crippen molar-refractivity contribution < 1.29 is 0 Å². The van der Waals surface area contributed by atoms with E-state index >= 15 is 0 Å². The molecular formula is C32H26N4S2. The van der Waals surface area contributed by atoms with E-state index < -0.39 is 0 Å². The Balaban J connectivity index is 1.22. The van der Waals surface area contributed by atoms with Crippen molar-refractivity contribution in [2.24, 2.45) is 9.98 Å². The predicted octanol–water partition coefficient (Wildman–Crippen LogP) is 8.56. The zero-order chi connectivity index (χ0) is 25.8. The van der Waals surface area contributed by atoms with Gasteiger partial charge in [0.2, 0.25) is 0 Å². The van der Waals surface area contributed by atoms with Gasteiger partial charge in [0.05, 0.1) is 35.2 Å². The van der Waals surface area contributed by atoms with Crippen LogP contribution in [0.15, 0.2) is 141 Å². The quantitative estimate of drug-likeness (QED) is 0.134. The number of thioether (sulfide) groups is 2. The molecule has 2 heterocycles. The van der Waals surface area contributed by atoms with Crippen LogP contribution < -0.4 is 0 Å². The van der Waals surface area contributed by atoms with Gasteiger partial charge in [-0.05, 0) is 59.7 Å². The van der Waals surface area contributed by atoms with E-state index in [4.69, 9.17) is 0 Å². The van der Waals surface area contributed by atoms with Crippen LogP contribution in [0.25, 0.3) is 0 Å². The molecule has 5 aromatic rings. The molecule has 0 N–H and O–H groups in total. The van der Waals surface area contributed by atoms with E-state index in [0.29, 0.717) is 0 Å². The molecule has 4 nitrogen and oxygen atoms in total. The zero-order valence-electron chi connectivity index (χ0n) is 20.7. The molecule has 3 aromatic carbocycles. The molecule has 0 aliphatic rings. The third kappa shape index (κ3) is 7.51. The molecule has 2 aromatic heterocycles. The molecule has 0 atom stereocenters. The number of hydrogen-bond acceptors (Lipinski definition) is 6. The van der Waals surface area contributed by atoms with Gasteiger partial charge < -0.3 is 0 Å². The Morgan fingerprint density at radius 3 is 1.47 bits per heavy atom. The van der Waals surface area contributed by atoms with Crippen LogP contribution in [0, 0.1) is 0 Å². The lowest BCUT2D eigenvalue weighted by Gasteiger charge is -2.08. The van der Waals surface area contributed by atoms with E-state index in [1.807, 2.05) is 73.1 Å². The summed E-state index contributed by atoms with van der Waals surface area (Å²) in [6, 6.07) is 36.9. The van der Waals surface area contributed by atoms with Gasteiger partial charge in [-0.15, -0.1) is 23.5 Å². The van der Waals surface area contributed by atoms with E-state index in [2.05, 4.69) is 68.5 Å². The van der Waals surface area contributed by atoms with Crippen molar-refractivity contribution in [1.29, 1.82) is 0 Å². The first-order chi connectivity index (χ1) is 18.8. The van der Waals surface area contributed by atoms with E-state index in [-0.39, 0.29) is 0 Å². The minimum absolute atomic E-state index is 0.849. The average molecular weight is 531 g/mol. The van der Waals surface area contributed by atoms with Crippen molar-refractivity contribution in [2.75, 3.05) is 0 Å². The summed E-state index contributed by atoms with van der Waals surface area (Å²) in [6.07, 6.45) is 7.19. The van der Waals surface area contributed by atoms with Gasteiger partial charge in [0.1, 0.15) is 0 Å². The smallest absolute Gasteiger partial charge is 0.0812 e. The van der Waals surface area contributed by atoms with E-state index in [0.717, 1.165) is 44.1 Å². The lowest BCUT2D eigenvalue weighted by Crippen LogP contribution is -1.87. The Bertz CT molecular complexity index is 1410. The molecule has 0 unspecified atom stereocenters. The molecule has 0 aliphatic heterocycles. The summed E-state index contributed by atoms with van der Waals surface area (Å²) in [5.41, 5.74) is 6.19. The lowest BCUT2D eigenvalue weighted by molar-refractivity contribution is 1.28. The highest BCUT2D eigenvalue weighted by molar-refractivity contribution is 7.99. The Hall–Kier alpha value is -4.00. The Morgan fingerprint density at radius 1 is 0.526 bits per heavy atom. The first-order valence-electron chi connectivity index (χ1n) is 12.3. The van der Waals surface area contributed by atoms with E-state index in [9.17, 15) is 0 Å². The number of hydrogen-bond donors (Lipinski definition) is 0. The second-order valence-electron chi connectivity index (χ2n) is 8.36. The van der Waals surface area contributed by atoms with Crippen LogP contribution in [-0.2, 0) is 11.5 Å². The molecule has 186 valence electrons. The fourth-order valence-electron chi connectivity index (χ4n) is 3.68. The van der Waals surface area contributed by atoms with Crippen molar-refractivity contribution in [1.82, 2.24) is 9.97 Å². The molecule has 0 spiro atoms. The van der Waals surface area contributed by atoms with Crippen LogP contribution >= 0.6 is 23.5 Å². The molecule has 0 amide bonds. The Labute approximate surface area is 232 Å². The summed E-state index contributed by atoms with van der Waals surface area (Å²) in [6.45, 7) is 0. The SMILES string of the molecule is C(=Nc1ccccc1SCc1cccc(CSc2ccccc2N=Cc2ccccn2)c1)c1ccccn1. The van der Waals surface area contributed by atoms with Gasteiger partial charge in [0.15, 0.2) is 0 Å². The molecule has 0 radical (unpaired) electrons. The molecule has 0 saturated heterocycles. The summed E-state index contributed by atoms with van der Waals surface area (Å²) in [5.74, 6) is 1.75. The Kier molecular flexibility index (Phi) is 9.12. The van der Waals surface area contributed by atoms with Crippen LogP contribution in [-0.4, -0.2) is 22.4 Å². The molecule has 0 aliphatic carbocycles. The van der Waals surface area contributed by atoms with Gasteiger partial charge >= 0.3 is 0 Å². The number of pyridine rings is 2. The van der Waals surface area contributed by atoms with Crippen LogP contribution in [0.4, 0.5) is 11.4 Å². The topological polar surface area (TPSA) is 50.5 Å². The summed E-state index contributed by atoms with van der Waals surface area (Å²) in [7, 11) is 0. The lowest BCUT2D eigenvalue weighted by atomic mass is 10.2. The normalized spacial score (nSPS) is 11.4. The molecule has 0 bridgehead atoms. The maximum atomic E-state index is 4.68. The zero-order valence-corrected chi connectivity index (χ0v) is 22.4. The fourth-order valence-corrected chi connectivity index (χ4v) is 5.57. The van der Waals surface area contributed by atoms with Crippen LogP contribution in [0.5, 0.6) is 0 Å². The van der Waals surface area contributed by atoms with Crippen LogP contribution in [0.3, 0.4) is 0 Å². The minimum atomic E-state index is 0.849. The first-order valence-corrected chi connectivity index (χ1v) is 14.2. The van der Waals surface area contributed by atoms with Crippen molar-refractivity contribution in [3.8, 4) is 0 Å². The summed E-state index contributed by atoms with van der Waals surface area (Å²) in [4.78, 5) is 20.3. The minimum Gasteiger partial charge on any atom is -0.255 e. The molecule has 0 saturated carbocycles. The average Bonchev–Trinajstić information content (AvgIpc) is 2.99. The van der Waals surface area contributed by atoms with Gasteiger partial charge in [0, 0.05) is 33.7 Å². The van der Waals surface area contributed by atoms with Crippen LogP contribution in [0.2, 0.25) is 0 Å². The number of benzene rings is 3. The third-order valence-electron chi connectivity index (χ3n) is 5.56. The van der Waals surface area contributed by atoms with E-state index in [1.165, 1.54) is 11.1 Å². The third-order valence-corrected chi connectivity index (χ3v) is 7.83. The number of aromatic nitrogens is 2. The molecule has 0 fully saturated rings. The number of nitrogens with zero attached hydrogens (tertiary/aromatic N) is 4. The van der Waals surface area contributed by atoms with Crippen molar-refractivity contribution in [3.05, 3.63) is 144 Å². The standard InChI is InChI=1S/C32H26N4S2/c1-3-16-31(29(14-1)35-21-27-12-5-7-18-33-27)37-23-25-10-9-11-26(20-25)24-38-32-17-4-2-15-30(32)36-22-28-13-6-8-19-34-28/h1-22H,23-24H2. The second kappa shape index (κ2) is 13.5. The maximum absolute atomic E-state index is 4.68. The molecule has 38 heavy (non-hydrogen) atoms. The first kappa shape index (κ1) is 25.6. The predicted molar refractivity (Wildman–Crippen MR) is 161 cm³/mol. The van der Waals surface area contributed by atoms with Crippen molar-refractivity contribution in [3.63, 3.8) is 0 Å². The number of rotatable bonds is 10. The highest BCUT2D eigenvalue weighted by atomic mass is 32.2. The van der Waals surface area contributed by atoms with Gasteiger partial charge in [0.25, 0.3) is 0 Å². The second-order valence-corrected chi connectivity index (χ2v) is 10.4. The Morgan fingerprint density at radius 2 is 1.00 bits per heavy atom. The molecular weight excluding hydrogens is 505 g/mol. The monoisotopic (exact) mass is 530 g/mol. The summed E-state index contributed by atoms with van der Waals surface area (Å²) in [5, 5.41) is 0. The fraction of sp³-hybridized carbons (Fsp3) is 0.0625. The van der Waals surface area contributed by atoms with Gasteiger partial charge in [-0.25, -0.2) is 0 Å². The van der Waals surface area contributed by atoms with Crippen molar-refractivity contribution in [2.45, 2.75) is 21.3 Å². The highest BCUT2D eigenvalue weighted by Gasteiger charge is 2.05. The highest BCUT2D eigenvalue weighted by Crippen LogP contribution is 2.34. The van der Waals surface area contributed by atoms with E-state index in [1.54, 1.807) is 35.9 Å². The number of aliphatic imine (C=N–C) groups is 2. The summed E-state index contributed by atoms with van der Waals surface area (Å²) >= 11 is 3.60. The largest absolute Gasteiger partial charge is 0.255 e. The van der Waals surface area contributed by atoms with Crippen LogP contribution in [0.1, 0.15) is 22.5 Å². The number of para-hydroxylation sites is 2. The van der Waals surface area contributed by atoms with Gasteiger partial charge in [-0.2, -0.15) is 0 Å². The van der Waals surface area contributed by atoms with Gasteiger partial charge in [-0.3, -0.25) is 20.0 Å². The van der Waals surface area contributed by atoms with Crippen molar-refractivity contribution >= 4 is 47.3 Å². The molecule has 6 heteroatoms. The van der Waals surface area contributed by atoms with Gasteiger partial charge in [-0.1, -0.05) is 60.7 Å². The maximum Gasteiger partial charge on any atom is 0.0812 e. The summed E-state index contributed by atoms with van der Waals surface area (Å²) < 4.78 is 0. The molecule has 5 rings (SSSR count).